The molecule has 2 fully saturated rings. The number of anilines is 1. The number of benzene rings is 2. The van der Waals surface area contributed by atoms with Gasteiger partial charge in [-0.1, -0.05) is 42.5 Å². The van der Waals surface area contributed by atoms with Gasteiger partial charge in [-0.3, -0.25) is 9.59 Å². The first kappa shape index (κ1) is 24.8. The maximum Gasteiger partial charge on any atom is 0.321 e. The van der Waals surface area contributed by atoms with E-state index < -0.39 is 0 Å². The number of amides is 4. The van der Waals surface area contributed by atoms with Gasteiger partial charge in [-0.15, -0.1) is 0 Å². The van der Waals surface area contributed by atoms with Crippen molar-refractivity contribution in [3.05, 3.63) is 65.7 Å². The summed E-state index contributed by atoms with van der Waals surface area (Å²) in [7, 11) is 0. The van der Waals surface area contributed by atoms with Gasteiger partial charge in [-0.05, 0) is 55.9 Å². The predicted octanol–water partition coefficient (Wildman–Crippen LogP) is 3.93. The molecular weight excluding hydrogens is 440 g/mol. The van der Waals surface area contributed by atoms with Crippen molar-refractivity contribution in [2.75, 3.05) is 44.6 Å². The molecule has 0 spiro atoms. The molecule has 186 valence electrons. The Morgan fingerprint density at radius 3 is 2.37 bits per heavy atom. The van der Waals surface area contributed by atoms with Crippen molar-refractivity contribution in [1.82, 2.24) is 14.7 Å². The summed E-state index contributed by atoms with van der Waals surface area (Å²) in [6, 6.07) is 17.8. The van der Waals surface area contributed by atoms with Crippen molar-refractivity contribution in [2.24, 2.45) is 5.92 Å². The molecule has 1 atom stereocenters. The van der Waals surface area contributed by atoms with Gasteiger partial charge in [0.1, 0.15) is 0 Å². The molecule has 2 aromatic rings. The zero-order valence-electron chi connectivity index (χ0n) is 20.6. The minimum absolute atomic E-state index is 0.106. The van der Waals surface area contributed by atoms with E-state index >= 15 is 0 Å². The van der Waals surface area contributed by atoms with Gasteiger partial charge >= 0.3 is 6.03 Å². The second-order valence-corrected chi connectivity index (χ2v) is 9.63. The lowest BCUT2D eigenvalue weighted by Gasteiger charge is -2.39. The highest BCUT2D eigenvalue weighted by Crippen LogP contribution is 2.21. The van der Waals surface area contributed by atoms with Crippen LogP contribution in [0.15, 0.2) is 54.6 Å². The third kappa shape index (κ3) is 6.84. The van der Waals surface area contributed by atoms with Gasteiger partial charge in [0.05, 0.1) is 5.92 Å². The van der Waals surface area contributed by atoms with Crippen molar-refractivity contribution in [3.63, 3.8) is 0 Å². The van der Waals surface area contributed by atoms with E-state index in [9.17, 15) is 14.4 Å². The number of likely N-dealkylation sites (tertiary alicyclic amines) is 1. The number of hydrogen-bond acceptors (Lipinski definition) is 3. The third-order valence-electron chi connectivity index (χ3n) is 6.97. The summed E-state index contributed by atoms with van der Waals surface area (Å²) in [6.45, 7) is 5.38. The minimum atomic E-state index is -0.180. The molecule has 0 saturated carbocycles. The summed E-state index contributed by atoms with van der Waals surface area (Å²) in [4.78, 5) is 44.1. The quantitative estimate of drug-likeness (QED) is 0.687. The van der Waals surface area contributed by atoms with Gasteiger partial charge in [-0.2, -0.15) is 0 Å². The number of urea groups is 1. The van der Waals surface area contributed by atoms with Crippen LogP contribution >= 0.6 is 0 Å². The average Bonchev–Trinajstić information content (AvgIpc) is 2.89. The van der Waals surface area contributed by atoms with E-state index in [4.69, 9.17) is 0 Å². The fourth-order valence-corrected chi connectivity index (χ4v) is 4.97. The normalized spacial score (nSPS) is 18.3. The van der Waals surface area contributed by atoms with E-state index in [0.717, 1.165) is 36.9 Å². The van der Waals surface area contributed by atoms with E-state index in [1.54, 1.807) is 4.90 Å². The molecule has 2 heterocycles. The largest absolute Gasteiger partial charge is 0.339 e. The Kier molecular flexibility index (Phi) is 8.40. The first-order chi connectivity index (χ1) is 17.0. The van der Waals surface area contributed by atoms with Crippen LogP contribution in [0.4, 0.5) is 10.5 Å². The summed E-state index contributed by atoms with van der Waals surface area (Å²) in [6.07, 6.45) is 3.89. The molecule has 4 rings (SSSR count). The molecule has 0 radical (unpaired) electrons. The van der Waals surface area contributed by atoms with Crippen LogP contribution in [0.2, 0.25) is 0 Å². The number of carbonyl (C=O) groups is 3. The molecule has 0 aliphatic carbocycles. The second kappa shape index (κ2) is 11.9. The molecule has 2 aliphatic heterocycles. The summed E-state index contributed by atoms with van der Waals surface area (Å²) in [5.41, 5.74) is 3.11. The van der Waals surface area contributed by atoms with Crippen LogP contribution < -0.4 is 5.32 Å². The minimum Gasteiger partial charge on any atom is -0.339 e. The predicted molar refractivity (Wildman–Crippen MR) is 137 cm³/mol. The number of aryl methyl sites for hydroxylation is 2. The van der Waals surface area contributed by atoms with E-state index in [2.05, 4.69) is 17.4 Å². The Morgan fingerprint density at radius 2 is 1.63 bits per heavy atom. The van der Waals surface area contributed by atoms with Crippen molar-refractivity contribution in [1.29, 1.82) is 0 Å². The lowest BCUT2D eigenvalue weighted by Crippen LogP contribution is -2.54. The van der Waals surface area contributed by atoms with Crippen molar-refractivity contribution >= 4 is 23.5 Å². The van der Waals surface area contributed by atoms with Crippen LogP contribution in [-0.2, 0) is 16.0 Å². The van der Waals surface area contributed by atoms with Crippen LogP contribution in [0.5, 0.6) is 0 Å². The number of carbonyl (C=O) groups excluding carboxylic acids is 3. The zero-order chi connectivity index (χ0) is 24.6. The van der Waals surface area contributed by atoms with Gasteiger partial charge in [0.15, 0.2) is 0 Å². The molecule has 35 heavy (non-hydrogen) atoms. The maximum absolute atomic E-state index is 13.2. The Bertz CT molecular complexity index is 1020. The molecule has 1 unspecified atom stereocenters. The van der Waals surface area contributed by atoms with Crippen LogP contribution in [0.3, 0.4) is 0 Å². The van der Waals surface area contributed by atoms with Crippen molar-refractivity contribution < 1.29 is 14.4 Å². The van der Waals surface area contributed by atoms with E-state index in [1.165, 1.54) is 5.56 Å². The van der Waals surface area contributed by atoms with Gasteiger partial charge < -0.3 is 20.0 Å². The molecule has 0 bridgehead atoms. The van der Waals surface area contributed by atoms with Crippen LogP contribution in [0, 0.1) is 12.8 Å². The number of nitrogens with zero attached hydrogens (tertiary/aromatic N) is 3. The fourth-order valence-electron chi connectivity index (χ4n) is 4.97. The first-order valence-electron chi connectivity index (χ1n) is 12.7. The summed E-state index contributed by atoms with van der Waals surface area (Å²) in [5.74, 6) is 0.0963. The summed E-state index contributed by atoms with van der Waals surface area (Å²) < 4.78 is 0. The standard InChI is InChI=1S/C28H36N4O3/c1-22-8-5-13-25(20-22)29-28(35)32-15-7-12-24(21-32)27(34)31-18-16-30(17-19-31)26(33)14-6-11-23-9-3-2-4-10-23/h2-5,8-10,13,20,24H,6-7,11-12,14-19,21H2,1H3,(H,29,35). The highest BCUT2D eigenvalue weighted by molar-refractivity contribution is 5.90. The molecule has 2 aliphatic rings. The van der Waals surface area contributed by atoms with E-state index in [-0.39, 0.29) is 23.8 Å². The lowest BCUT2D eigenvalue weighted by atomic mass is 9.96. The van der Waals surface area contributed by atoms with Gasteiger partial charge in [0.25, 0.3) is 0 Å². The molecule has 7 nitrogen and oxygen atoms in total. The monoisotopic (exact) mass is 476 g/mol. The lowest BCUT2D eigenvalue weighted by molar-refractivity contribution is -0.143. The average molecular weight is 477 g/mol. The summed E-state index contributed by atoms with van der Waals surface area (Å²) >= 11 is 0. The topological polar surface area (TPSA) is 73.0 Å². The molecule has 2 saturated heterocycles. The maximum atomic E-state index is 13.2. The zero-order valence-corrected chi connectivity index (χ0v) is 20.6. The smallest absolute Gasteiger partial charge is 0.321 e. The van der Waals surface area contributed by atoms with Gasteiger partial charge in [0.2, 0.25) is 11.8 Å². The number of nitrogens with one attached hydrogen (secondary N) is 1. The van der Waals surface area contributed by atoms with Crippen molar-refractivity contribution in [3.8, 4) is 0 Å². The SMILES string of the molecule is Cc1cccc(NC(=O)N2CCCC(C(=O)N3CCN(C(=O)CCCc4ccccc4)CC3)C2)c1. The first-order valence-corrected chi connectivity index (χ1v) is 12.7. The van der Waals surface area contributed by atoms with E-state index in [0.29, 0.717) is 45.7 Å². The van der Waals surface area contributed by atoms with Gasteiger partial charge in [-0.25, -0.2) is 4.79 Å². The molecule has 0 aromatic heterocycles. The van der Waals surface area contributed by atoms with Crippen LogP contribution in [0.25, 0.3) is 0 Å². The molecular formula is C28H36N4O3. The Morgan fingerprint density at radius 1 is 0.886 bits per heavy atom. The van der Waals surface area contributed by atoms with Crippen molar-refractivity contribution in [2.45, 2.75) is 39.0 Å². The Hall–Kier alpha value is -3.35. The molecule has 1 N–H and O–H groups in total. The van der Waals surface area contributed by atoms with Crippen LogP contribution in [-0.4, -0.2) is 71.8 Å². The highest BCUT2D eigenvalue weighted by atomic mass is 16.2. The van der Waals surface area contributed by atoms with E-state index in [1.807, 2.05) is 59.2 Å². The number of piperazine rings is 1. The second-order valence-electron chi connectivity index (χ2n) is 9.63. The third-order valence-corrected chi connectivity index (χ3v) is 6.97. The fraction of sp³-hybridized carbons (Fsp3) is 0.464. The number of piperidine rings is 1. The number of rotatable bonds is 6. The number of hydrogen-bond donors (Lipinski definition) is 1. The Labute approximate surface area is 208 Å². The van der Waals surface area contributed by atoms with Crippen LogP contribution in [0.1, 0.15) is 36.8 Å². The highest BCUT2D eigenvalue weighted by Gasteiger charge is 2.33. The molecule has 4 amide bonds. The van der Waals surface area contributed by atoms with Gasteiger partial charge in [0, 0.05) is 51.4 Å². The molecule has 2 aromatic carbocycles. The summed E-state index contributed by atoms with van der Waals surface area (Å²) in [5, 5.41) is 2.95. The Balaban J connectivity index is 1.21. The molecule has 7 heteroatoms.